The number of amides is 1. The molecule has 1 aromatic carbocycles. The van der Waals surface area contributed by atoms with Gasteiger partial charge in [-0.2, -0.15) is 0 Å². The SMILES string of the molecule is CC1CCN(CC(=O)Nc2c(Cl)cccc2Cl)CC1CN. The van der Waals surface area contributed by atoms with Gasteiger partial charge in [-0.15, -0.1) is 0 Å². The zero-order valence-corrected chi connectivity index (χ0v) is 13.6. The number of nitrogens with one attached hydrogen (secondary N) is 1. The maximum Gasteiger partial charge on any atom is 0.238 e. The van der Waals surface area contributed by atoms with E-state index in [1.165, 1.54) is 0 Å². The summed E-state index contributed by atoms with van der Waals surface area (Å²) < 4.78 is 0. The molecule has 2 atom stereocenters. The van der Waals surface area contributed by atoms with Crippen molar-refractivity contribution in [1.29, 1.82) is 0 Å². The van der Waals surface area contributed by atoms with Crippen molar-refractivity contribution < 1.29 is 4.79 Å². The number of anilines is 1. The summed E-state index contributed by atoms with van der Waals surface area (Å²) in [5, 5.41) is 3.69. The minimum atomic E-state index is -0.102. The Morgan fingerprint density at radius 2 is 2.10 bits per heavy atom. The number of nitrogens with zero attached hydrogens (tertiary/aromatic N) is 1. The molecule has 1 fully saturated rings. The van der Waals surface area contributed by atoms with Crippen LogP contribution in [0, 0.1) is 11.8 Å². The highest BCUT2D eigenvalue weighted by atomic mass is 35.5. The summed E-state index contributed by atoms with van der Waals surface area (Å²) in [7, 11) is 0. The van der Waals surface area contributed by atoms with Crippen molar-refractivity contribution in [2.45, 2.75) is 13.3 Å². The van der Waals surface area contributed by atoms with Gasteiger partial charge >= 0.3 is 0 Å². The molecule has 0 radical (unpaired) electrons. The summed E-state index contributed by atoms with van der Waals surface area (Å²) in [5.74, 6) is 0.970. The Morgan fingerprint density at radius 3 is 2.71 bits per heavy atom. The van der Waals surface area contributed by atoms with E-state index < -0.39 is 0 Å². The molecule has 0 spiro atoms. The fourth-order valence-corrected chi connectivity index (χ4v) is 3.17. The number of carbonyl (C=O) groups is 1. The van der Waals surface area contributed by atoms with Crippen molar-refractivity contribution in [2.24, 2.45) is 17.6 Å². The number of para-hydroxylation sites is 1. The summed E-state index contributed by atoms with van der Waals surface area (Å²) in [6, 6.07) is 5.16. The van der Waals surface area contributed by atoms with E-state index in [1.807, 2.05) is 0 Å². The van der Waals surface area contributed by atoms with Crippen LogP contribution in [0.4, 0.5) is 5.69 Å². The summed E-state index contributed by atoms with van der Waals surface area (Å²) in [6.07, 6.45) is 1.07. The van der Waals surface area contributed by atoms with Crippen LogP contribution in [0.3, 0.4) is 0 Å². The lowest BCUT2D eigenvalue weighted by molar-refractivity contribution is -0.117. The van der Waals surface area contributed by atoms with Gasteiger partial charge in [0.15, 0.2) is 0 Å². The van der Waals surface area contributed by atoms with Gasteiger partial charge < -0.3 is 11.1 Å². The third-order valence-electron chi connectivity index (χ3n) is 4.10. The van der Waals surface area contributed by atoms with Crippen LogP contribution in [0.5, 0.6) is 0 Å². The van der Waals surface area contributed by atoms with Crippen molar-refractivity contribution in [3.8, 4) is 0 Å². The first-order valence-electron chi connectivity index (χ1n) is 7.17. The van der Waals surface area contributed by atoms with Crippen LogP contribution >= 0.6 is 23.2 Å². The predicted molar refractivity (Wildman–Crippen MR) is 87.9 cm³/mol. The van der Waals surface area contributed by atoms with E-state index in [2.05, 4.69) is 17.1 Å². The minimum Gasteiger partial charge on any atom is -0.330 e. The number of hydrogen-bond acceptors (Lipinski definition) is 3. The molecular formula is C15H21Cl2N3O. The van der Waals surface area contributed by atoms with E-state index in [1.54, 1.807) is 18.2 Å². The fourth-order valence-electron chi connectivity index (χ4n) is 2.67. The standard InChI is InChI=1S/C15H21Cl2N3O/c1-10-5-6-20(8-11(10)7-18)9-14(21)19-15-12(16)3-2-4-13(15)17/h2-4,10-11H,5-9,18H2,1H3,(H,19,21). The molecular weight excluding hydrogens is 309 g/mol. The molecule has 1 aromatic rings. The number of halogens is 2. The van der Waals surface area contributed by atoms with Crippen LogP contribution in [-0.4, -0.2) is 37.0 Å². The van der Waals surface area contributed by atoms with Crippen LogP contribution in [0.1, 0.15) is 13.3 Å². The molecule has 3 N–H and O–H groups in total. The lowest BCUT2D eigenvalue weighted by Gasteiger charge is -2.36. The van der Waals surface area contributed by atoms with E-state index in [4.69, 9.17) is 28.9 Å². The second-order valence-corrected chi connectivity index (χ2v) is 6.46. The molecule has 1 heterocycles. The molecule has 1 aliphatic heterocycles. The van der Waals surface area contributed by atoms with Crippen molar-refractivity contribution in [2.75, 3.05) is 31.5 Å². The number of nitrogens with two attached hydrogens (primary N) is 1. The van der Waals surface area contributed by atoms with Crippen LogP contribution in [0.25, 0.3) is 0 Å². The molecule has 0 bridgehead atoms. The number of benzene rings is 1. The fraction of sp³-hybridized carbons (Fsp3) is 0.533. The van der Waals surface area contributed by atoms with Gasteiger partial charge in [0.1, 0.15) is 0 Å². The molecule has 6 heteroatoms. The molecule has 1 saturated heterocycles. The molecule has 1 amide bonds. The second-order valence-electron chi connectivity index (χ2n) is 5.64. The van der Waals surface area contributed by atoms with Crippen molar-refractivity contribution in [1.82, 2.24) is 4.90 Å². The Balaban J connectivity index is 1.93. The Bertz CT molecular complexity index is 489. The van der Waals surface area contributed by atoms with Crippen LogP contribution in [0.15, 0.2) is 18.2 Å². The maximum atomic E-state index is 12.2. The Labute approximate surface area is 135 Å². The average molecular weight is 330 g/mol. The summed E-state index contributed by atoms with van der Waals surface area (Å²) >= 11 is 12.1. The Kier molecular flexibility index (Phi) is 5.88. The van der Waals surface area contributed by atoms with Crippen LogP contribution < -0.4 is 11.1 Å². The zero-order chi connectivity index (χ0) is 15.4. The van der Waals surface area contributed by atoms with E-state index in [9.17, 15) is 4.79 Å². The minimum absolute atomic E-state index is 0.102. The zero-order valence-electron chi connectivity index (χ0n) is 12.1. The summed E-state index contributed by atoms with van der Waals surface area (Å²) in [5.41, 5.74) is 6.27. The summed E-state index contributed by atoms with van der Waals surface area (Å²) in [4.78, 5) is 14.3. The number of hydrogen-bond donors (Lipinski definition) is 2. The quantitative estimate of drug-likeness (QED) is 0.892. The Hall–Kier alpha value is -0.810. The van der Waals surface area contributed by atoms with Gasteiger partial charge in [0.2, 0.25) is 5.91 Å². The molecule has 1 aliphatic rings. The largest absolute Gasteiger partial charge is 0.330 e. The maximum absolute atomic E-state index is 12.2. The van der Waals surface area contributed by atoms with Gasteiger partial charge in [0.25, 0.3) is 0 Å². The number of carbonyl (C=O) groups excluding carboxylic acids is 1. The number of piperidine rings is 1. The van der Waals surface area contributed by atoms with Crippen molar-refractivity contribution >= 4 is 34.8 Å². The summed E-state index contributed by atoms with van der Waals surface area (Å²) in [6.45, 7) is 5.00. The highest BCUT2D eigenvalue weighted by molar-refractivity contribution is 6.39. The smallest absolute Gasteiger partial charge is 0.238 e. The van der Waals surface area contributed by atoms with Gasteiger partial charge in [0, 0.05) is 6.54 Å². The van der Waals surface area contributed by atoms with E-state index >= 15 is 0 Å². The van der Waals surface area contributed by atoms with E-state index in [-0.39, 0.29) is 5.91 Å². The third kappa shape index (κ3) is 4.33. The highest BCUT2D eigenvalue weighted by Crippen LogP contribution is 2.30. The third-order valence-corrected chi connectivity index (χ3v) is 4.73. The molecule has 4 nitrogen and oxygen atoms in total. The lowest BCUT2D eigenvalue weighted by atomic mass is 9.87. The molecule has 0 saturated carbocycles. The van der Waals surface area contributed by atoms with Crippen LogP contribution in [0.2, 0.25) is 10.0 Å². The predicted octanol–water partition coefficient (Wildman–Crippen LogP) is 2.85. The average Bonchev–Trinajstić information content (AvgIpc) is 2.45. The van der Waals surface area contributed by atoms with Crippen molar-refractivity contribution in [3.63, 3.8) is 0 Å². The molecule has 2 unspecified atom stereocenters. The van der Waals surface area contributed by atoms with Crippen molar-refractivity contribution in [3.05, 3.63) is 28.2 Å². The van der Waals surface area contributed by atoms with Gasteiger partial charge in [-0.25, -0.2) is 0 Å². The topological polar surface area (TPSA) is 58.4 Å². The molecule has 116 valence electrons. The first-order valence-corrected chi connectivity index (χ1v) is 7.93. The molecule has 0 aliphatic carbocycles. The van der Waals surface area contributed by atoms with Gasteiger partial charge in [-0.1, -0.05) is 36.2 Å². The van der Waals surface area contributed by atoms with E-state index in [0.717, 1.165) is 19.5 Å². The monoisotopic (exact) mass is 329 g/mol. The van der Waals surface area contributed by atoms with Gasteiger partial charge in [0.05, 0.1) is 22.3 Å². The number of rotatable bonds is 4. The molecule has 0 aromatic heterocycles. The second kappa shape index (κ2) is 7.45. The Morgan fingerprint density at radius 1 is 1.43 bits per heavy atom. The molecule has 21 heavy (non-hydrogen) atoms. The van der Waals surface area contributed by atoms with Crippen LogP contribution in [-0.2, 0) is 4.79 Å². The van der Waals surface area contributed by atoms with Gasteiger partial charge in [-0.3, -0.25) is 9.69 Å². The number of likely N-dealkylation sites (tertiary alicyclic amines) is 1. The van der Waals surface area contributed by atoms with E-state index in [0.29, 0.717) is 40.7 Å². The first kappa shape index (κ1) is 16.6. The first-order chi connectivity index (χ1) is 10.0. The highest BCUT2D eigenvalue weighted by Gasteiger charge is 2.26. The lowest BCUT2D eigenvalue weighted by Crippen LogP contribution is -2.45. The normalized spacial score (nSPS) is 23.0. The molecule has 2 rings (SSSR count). The van der Waals surface area contributed by atoms with Gasteiger partial charge in [-0.05, 0) is 43.5 Å².